The lowest BCUT2D eigenvalue weighted by atomic mass is 10.2. The zero-order chi connectivity index (χ0) is 20.8. The maximum Gasteiger partial charge on any atom is 0.258 e. The number of nitrogens with zero attached hydrogens (tertiary/aromatic N) is 1. The molecule has 1 aromatic heterocycles. The molecule has 1 heterocycles. The summed E-state index contributed by atoms with van der Waals surface area (Å²) in [6.07, 6.45) is 1.38. The van der Waals surface area contributed by atoms with Gasteiger partial charge in [-0.25, -0.2) is 4.98 Å². The van der Waals surface area contributed by atoms with E-state index in [9.17, 15) is 14.4 Å². The molecule has 0 atom stereocenters. The van der Waals surface area contributed by atoms with Crippen molar-refractivity contribution in [2.75, 3.05) is 10.6 Å². The minimum absolute atomic E-state index is 0.0536. The van der Waals surface area contributed by atoms with Crippen LogP contribution in [-0.2, 0) is 16.0 Å². The van der Waals surface area contributed by atoms with Crippen molar-refractivity contribution in [2.45, 2.75) is 33.1 Å². The van der Waals surface area contributed by atoms with Gasteiger partial charge in [0.05, 0.1) is 10.9 Å². The van der Waals surface area contributed by atoms with Crippen molar-refractivity contribution >= 4 is 34.1 Å². The number of anilines is 2. The minimum atomic E-state index is -0.167. The first kappa shape index (κ1) is 20.3. The molecule has 0 aliphatic rings. The van der Waals surface area contributed by atoms with E-state index in [1.54, 1.807) is 42.5 Å². The first-order valence-electron chi connectivity index (χ1n) is 9.61. The molecule has 0 bridgehead atoms. The Morgan fingerprint density at radius 1 is 1.00 bits per heavy atom. The van der Waals surface area contributed by atoms with Gasteiger partial charge in [0.15, 0.2) is 0 Å². The summed E-state index contributed by atoms with van der Waals surface area (Å²) < 4.78 is 0. The van der Waals surface area contributed by atoms with Crippen LogP contribution in [0.15, 0.2) is 53.3 Å². The van der Waals surface area contributed by atoms with Crippen molar-refractivity contribution in [2.24, 2.45) is 5.92 Å². The maximum absolute atomic E-state index is 12.2. The molecule has 0 radical (unpaired) electrons. The Balaban J connectivity index is 1.50. The van der Waals surface area contributed by atoms with Crippen molar-refractivity contribution in [3.63, 3.8) is 0 Å². The average Bonchev–Trinajstić information content (AvgIpc) is 2.69. The van der Waals surface area contributed by atoms with E-state index in [1.807, 2.05) is 19.9 Å². The van der Waals surface area contributed by atoms with Crippen LogP contribution in [0.5, 0.6) is 0 Å². The highest BCUT2D eigenvalue weighted by molar-refractivity contribution is 5.93. The van der Waals surface area contributed by atoms with E-state index < -0.39 is 0 Å². The second-order valence-electron chi connectivity index (χ2n) is 7.15. The van der Waals surface area contributed by atoms with Crippen molar-refractivity contribution in [3.8, 4) is 0 Å². The van der Waals surface area contributed by atoms with Crippen LogP contribution in [0.2, 0.25) is 0 Å². The number of rotatable bonds is 7. The summed E-state index contributed by atoms with van der Waals surface area (Å²) in [6.45, 7) is 3.65. The summed E-state index contributed by atoms with van der Waals surface area (Å²) in [6, 6.07) is 14.2. The summed E-state index contributed by atoms with van der Waals surface area (Å²) in [7, 11) is 0. The molecule has 29 heavy (non-hydrogen) atoms. The monoisotopic (exact) mass is 392 g/mol. The normalized spacial score (nSPS) is 10.9. The molecule has 2 aromatic carbocycles. The SMILES string of the molecule is CC(C)C(=O)Nc1ccc(NC(=O)CCCc2nc3ccccc3c(=O)[nH]2)cc1. The van der Waals surface area contributed by atoms with Gasteiger partial charge in [0.2, 0.25) is 11.8 Å². The third-order valence-electron chi connectivity index (χ3n) is 4.44. The number of aromatic nitrogens is 2. The molecule has 0 aliphatic carbocycles. The molecular weight excluding hydrogens is 368 g/mol. The second-order valence-corrected chi connectivity index (χ2v) is 7.15. The fourth-order valence-corrected chi connectivity index (χ4v) is 2.82. The van der Waals surface area contributed by atoms with Crippen LogP contribution >= 0.6 is 0 Å². The smallest absolute Gasteiger partial charge is 0.258 e. The van der Waals surface area contributed by atoms with Gasteiger partial charge >= 0.3 is 0 Å². The summed E-state index contributed by atoms with van der Waals surface area (Å²) in [5.74, 6) is 0.308. The van der Waals surface area contributed by atoms with E-state index in [-0.39, 0.29) is 23.3 Å². The molecule has 0 saturated heterocycles. The Hall–Kier alpha value is -3.48. The summed E-state index contributed by atoms with van der Waals surface area (Å²) >= 11 is 0. The molecule has 3 N–H and O–H groups in total. The van der Waals surface area contributed by atoms with E-state index >= 15 is 0 Å². The van der Waals surface area contributed by atoms with E-state index in [0.717, 1.165) is 0 Å². The fraction of sp³-hybridized carbons (Fsp3) is 0.273. The summed E-state index contributed by atoms with van der Waals surface area (Å²) in [5, 5.41) is 6.19. The Morgan fingerprint density at radius 2 is 1.66 bits per heavy atom. The van der Waals surface area contributed by atoms with Gasteiger partial charge < -0.3 is 15.6 Å². The van der Waals surface area contributed by atoms with Gasteiger partial charge in [0.25, 0.3) is 5.56 Å². The molecule has 7 heteroatoms. The molecule has 0 spiro atoms. The molecule has 0 aliphatic heterocycles. The highest BCUT2D eigenvalue weighted by Crippen LogP contribution is 2.15. The number of amides is 2. The van der Waals surface area contributed by atoms with Crippen molar-refractivity contribution in [1.82, 2.24) is 9.97 Å². The number of hydrogen-bond acceptors (Lipinski definition) is 4. The number of carbonyl (C=O) groups is 2. The largest absolute Gasteiger partial charge is 0.326 e. The second kappa shape index (κ2) is 9.14. The third kappa shape index (κ3) is 5.51. The van der Waals surface area contributed by atoms with Crippen LogP contribution in [0.4, 0.5) is 11.4 Å². The Kier molecular flexibility index (Phi) is 6.39. The lowest BCUT2D eigenvalue weighted by Crippen LogP contribution is -2.17. The van der Waals surface area contributed by atoms with Crippen LogP contribution in [0.25, 0.3) is 10.9 Å². The first-order chi connectivity index (χ1) is 13.9. The number of nitrogens with one attached hydrogen (secondary N) is 3. The van der Waals surface area contributed by atoms with Crippen LogP contribution in [0.3, 0.4) is 0 Å². The number of aryl methyl sites for hydroxylation is 1. The lowest BCUT2D eigenvalue weighted by molar-refractivity contribution is -0.119. The topological polar surface area (TPSA) is 104 Å². The Morgan fingerprint density at radius 3 is 2.34 bits per heavy atom. The van der Waals surface area contributed by atoms with Crippen LogP contribution in [-0.4, -0.2) is 21.8 Å². The van der Waals surface area contributed by atoms with E-state index in [1.165, 1.54) is 0 Å². The number of carbonyl (C=O) groups excluding carboxylic acids is 2. The van der Waals surface area contributed by atoms with E-state index in [4.69, 9.17) is 0 Å². The molecule has 150 valence electrons. The zero-order valence-corrected chi connectivity index (χ0v) is 16.5. The highest BCUT2D eigenvalue weighted by Gasteiger charge is 2.08. The lowest BCUT2D eigenvalue weighted by Gasteiger charge is -2.09. The fourth-order valence-electron chi connectivity index (χ4n) is 2.82. The molecular formula is C22H24N4O3. The number of aromatic amines is 1. The quantitative estimate of drug-likeness (QED) is 0.572. The maximum atomic E-state index is 12.2. The Bertz CT molecular complexity index is 1070. The average molecular weight is 392 g/mol. The zero-order valence-electron chi connectivity index (χ0n) is 16.5. The van der Waals surface area contributed by atoms with E-state index in [2.05, 4.69) is 20.6 Å². The number of fused-ring (bicyclic) bond motifs is 1. The number of H-pyrrole nitrogens is 1. The van der Waals surface area contributed by atoms with Gasteiger partial charge in [-0.15, -0.1) is 0 Å². The first-order valence-corrected chi connectivity index (χ1v) is 9.61. The number of para-hydroxylation sites is 1. The highest BCUT2D eigenvalue weighted by atomic mass is 16.2. The van der Waals surface area contributed by atoms with Gasteiger partial charge in [0.1, 0.15) is 5.82 Å². The molecule has 2 amide bonds. The van der Waals surface area contributed by atoms with Crippen molar-refractivity contribution < 1.29 is 9.59 Å². The third-order valence-corrected chi connectivity index (χ3v) is 4.44. The number of hydrogen-bond donors (Lipinski definition) is 3. The summed E-state index contributed by atoms with van der Waals surface area (Å²) in [5.41, 5.74) is 1.84. The molecule has 0 unspecified atom stereocenters. The van der Waals surface area contributed by atoms with Crippen LogP contribution in [0, 0.1) is 5.92 Å². The van der Waals surface area contributed by atoms with Crippen molar-refractivity contribution in [3.05, 3.63) is 64.7 Å². The molecule has 7 nitrogen and oxygen atoms in total. The van der Waals surface area contributed by atoms with Crippen LogP contribution < -0.4 is 16.2 Å². The predicted molar refractivity (Wildman–Crippen MR) is 114 cm³/mol. The molecule has 0 fully saturated rings. The van der Waals surface area contributed by atoms with Gasteiger partial charge in [-0.3, -0.25) is 14.4 Å². The van der Waals surface area contributed by atoms with Gasteiger partial charge in [-0.2, -0.15) is 0 Å². The van der Waals surface area contributed by atoms with Gasteiger partial charge in [-0.05, 0) is 42.8 Å². The van der Waals surface area contributed by atoms with Crippen LogP contribution in [0.1, 0.15) is 32.5 Å². The predicted octanol–water partition coefficient (Wildman–Crippen LogP) is 3.48. The summed E-state index contributed by atoms with van der Waals surface area (Å²) in [4.78, 5) is 43.1. The van der Waals surface area contributed by atoms with E-state index in [0.29, 0.717) is 47.4 Å². The molecule has 3 aromatic rings. The molecule has 3 rings (SSSR count). The number of benzene rings is 2. The van der Waals surface area contributed by atoms with Crippen molar-refractivity contribution in [1.29, 1.82) is 0 Å². The Labute approximate surface area is 168 Å². The standard InChI is InChI=1S/C22H24N4O3/c1-14(2)21(28)24-16-12-10-15(11-13-16)23-20(27)9-5-8-19-25-18-7-4-3-6-17(18)22(29)26-19/h3-4,6-7,10-14H,5,8-9H2,1-2H3,(H,23,27)(H,24,28)(H,25,26,29). The van der Waals surface area contributed by atoms with Gasteiger partial charge in [-0.1, -0.05) is 26.0 Å². The minimum Gasteiger partial charge on any atom is -0.326 e. The van der Waals surface area contributed by atoms with Gasteiger partial charge in [0, 0.05) is 30.1 Å². The molecule has 0 saturated carbocycles.